The number of allylic oxidation sites excluding steroid dienone is 1. The molecule has 4 heteroatoms. The summed E-state index contributed by atoms with van der Waals surface area (Å²) < 4.78 is 6.82. The van der Waals surface area contributed by atoms with Gasteiger partial charge in [0.25, 0.3) is 0 Å². The fraction of sp³-hybridized carbons (Fsp3) is 0.542. The number of hydrogen-bond donors (Lipinski definition) is 2. The monoisotopic (exact) mass is 382 g/mol. The third-order valence-electron chi connectivity index (χ3n) is 7.24. The van der Waals surface area contributed by atoms with E-state index in [1.54, 1.807) is 6.07 Å². The summed E-state index contributed by atoms with van der Waals surface area (Å²) >= 11 is 0. The maximum absolute atomic E-state index is 10.9. The van der Waals surface area contributed by atoms with Gasteiger partial charge in [-0.15, -0.1) is 0 Å². The molecule has 0 saturated carbocycles. The zero-order valence-electron chi connectivity index (χ0n) is 17.1. The molecule has 150 valence electrons. The number of carboxylic acids is 1. The maximum Gasteiger partial charge on any atom is 0.328 e. The lowest BCUT2D eigenvalue weighted by atomic mass is 9.67. The van der Waals surface area contributed by atoms with Crippen molar-refractivity contribution in [3.05, 3.63) is 46.5 Å². The molecule has 5 atom stereocenters. The number of fused-ring (bicyclic) bond motifs is 4. The first-order valence-corrected chi connectivity index (χ1v) is 10.4. The molecule has 2 heterocycles. The highest BCUT2D eigenvalue weighted by atomic mass is 16.5. The van der Waals surface area contributed by atoms with Crippen LogP contribution in [0, 0.1) is 17.8 Å². The minimum Gasteiger partial charge on any atom is -0.508 e. The number of benzene rings is 1. The Kier molecular flexibility index (Phi) is 4.65. The predicted molar refractivity (Wildman–Crippen MR) is 109 cm³/mol. The van der Waals surface area contributed by atoms with Gasteiger partial charge in [0.1, 0.15) is 5.75 Å². The number of phenols is 1. The van der Waals surface area contributed by atoms with Crippen molar-refractivity contribution in [2.45, 2.75) is 64.6 Å². The van der Waals surface area contributed by atoms with E-state index in [0.29, 0.717) is 23.3 Å². The minimum absolute atomic E-state index is 0.0544. The molecule has 2 bridgehead atoms. The molecule has 1 aliphatic carbocycles. The number of phenolic OH excluding ortho intramolecular Hbond substituents is 1. The average Bonchev–Trinajstić information content (AvgIpc) is 3.15. The van der Waals surface area contributed by atoms with Crippen LogP contribution in [-0.2, 0) is 9.53 Å². The molecule has 2 saturated heterocycles. The summed E-state index contributed by atoms with van der Waals surface area (Å²) in [4.78, 5) is 10.8. The van der Waals surface area contributed by atoms with Crippen LogP contribution >= 0.6 is 0 Å². The lowest BCUT2D eigenvalue weighted by Crippen LogP contribution is -2.48. The van der Waals surface area contributed by atoms with E-state index in [2.05, 4.69) is 27.7 Å². The molecule has 2 N–H and O–H groups in total. The molecule has 1 aromatic rings. The van der Waals surface area contributed by atoms with Gasteiger partial charge in [0, 0.05) is 23.5 Å². The highest BCUT2D eigenvalue weighted by Crippen LogP contribution is 2.63. The summed E-state index contributed by atoms with van der Waals surface area (Å²) in [5.41, 5.74) is 4.24. The van der Waals surface area contributed by atoms with Crippen LogP contribution in [0.1, 0.15) is 64.0 Å². The molecule has 0 radical (unpaired) electrons. The number of carbonyl (C=O) groups is 1. The number of carboxylic acid groups (broad SMARTS) is 1. The van der Waals surface area contributed by atoms with Crippen molar-refractivity contribution < 1.29 is 19.7 Å². The van der Waals surface area contributed by atoms with Gasteiger partial charge in [-0.25, -0.2) is 4.79 Å². The van der Waals surface area contributed by atoms with Gasteiger partial charge in [0.2, 0.25) is 0 Å². The largest absolute Gasteiger partial charge is 0.508 e. The average molecular weight is 383 g/mol. The zero-order chi connectivity index (χ0) is 20.2. The molecule has 2 fully saturated rings. The zero-order valence-corrected chi connectivity index (χ0v) is 17.1. The Morgan fingerprint density at radius 3 is 2.75 bits per heavy atom. The molecule has 0 spiro atoms. The smallest absolute Gasteiger partial charge is 0.328 e. The first kappa shape index (κ1) is 19.3. The number of ether oxygens (including phenoxy) is 1. The second-order valence-corrected chi connectivity index (χ2v) is 9.18. The maximum atomic E-state index is 10.9. The first-order chi connectivity index (χ1) is 13.2. The third kappa shape index (κ3) is 2.81. The molecule has 1 aromatic carbocycles. The first-order valence-electron chi connectivity index (χ1n) is 10.4. The topological polar surface area (TPSA) is 66.8 Å². The number of rotatable bonds is 4. The highest BCUT2D eigenvalue weighted by Gasteiger charge is 2.61. The van der Waals surface area contributed by atoms with E-state index in [1.165, 1.54) is 17.2 Å². The number of aromatic hydroxyl groups is 1. The van der Waals surface area contributed by atoms with Crippen LogP contribution in [0.5, 0.6) is 5.75 Å². The Balaban J connectivity index is 1.84. The molecule has 28 heavy (non-hydrogen) atoms. The molecule has 4 rings (SSSR count). The summed E-state index contributed by atoms with van der Waals surface area (Å²) in [6, 6.07) is 5.54. The fourth-order valence-corrected chi connectivity index (χ4v) is 5.97. The molecule has 0 unspecified atom stereocenters. The Morgan fingerprint density at radius 1 is 1.36 bits per heavy atom. The fourth-order valence-electron chi connectivity index (χ4n) is 5.97. The van der Waals surface area contributed by atoms with E-state index in [4.69, 9.17) is 9.84 Å². The summed E-state index contributed by atoms with van der Waals surface area (Å²) in [6.07, 6.45) is 6.15. The van der Waals surface area contributed by atoms with Gasteiger partial charge in [0.05, 0.1) is 11.7 Å². The lowest BCUT2D eigenvalue weighted by Gasteiger charge is -2.48. The number of aliphatic carboxylic acids is 1. The molecular formula is C24H30O4. The van der Waals surface area contributed by atoms with Crippen LogP contribution in [0.3, 0.4) is 0 Å². The third-order valence-corrected chi connectivity index (χ3v) is 7.24. The van der Waals surface area contributed by atoms with Crippen molar-refractivity contribution in [3.8, 4) is 5.75 Å². The quantitative estimate of drug-likeness (QED) is 0.559. The molecular weight excluding hydrogens is 352 g/mol. The van der Waals surface area contributed by atoms with E-state index in [1.807, 2.05) is 12.1 Å². The van der Waals surface area contributed by atoms with Crippen LogP contribution in [0.2, 0.25) is 0 Å². The Bertz CT molecular complexity index is 865. The normalized spacial score (nSPS) is 34.5. The van der Waals surface area contributed by atoms with Crippen LogP contribution in [0.15, 0.2) is 35.4 Å². The van der Waals surface area contributed by atoms with Gasteiger partial charge in [-0.3, -0.25) is 0 Å². The molecule has 0 aromatic heterocycles. The SMILES string of the molecule is CC1=C2[C@@H](CC1)[C@H]1O[C@@](C(C)C)(C[C@H]1C)[C@@H]2c1ccc(C=CC(=O)O)cc1O. The van der Waals surface area contributed by atoms with E-state index < -0.39 is 5.97 Å². The van der Waals surface area contributed by atoms with Crippen molar-refractivity contribution in [2.24, 2.45) is 17.8 Å². The Morgan fingerprint density at radius 2 is 2.11 bits per heavy atom. The summed E-state index contributed by atoms with van der Waals surface area (Å²) in [5.74, 6) is 0.573. The lowest BCUT2D eigenvalue weighted by molar-refractivity contribution is -0.131. The summed E-state index contributed by atoms with van der Waals surface area (Å²) in [5, 5.41) is 19.8. The predicted octanol–water partition coefficient (Wildman–Crippen LogP) is 5.13. The van der Waals surface area contributed by atoms with Gasteiger partial charge in [-0.05, 0) is 55.7 Å². The van der Waals surface area contributed by atoms with Crippen molar-refractivity contribution in [1.29, 1.82) is 0 Å². The van der Waals surface area contributed by atoms with Crippen LogP contribution in [0.25, 0.3) is 6.08 Å². The van der Waals surface area contributed by atoms with Gasteiger partial charge in [-0.1, -0.05) is 44.1 Å². The second-order valence-electron chi connectivity index (χ2n) is 9.18. The summed E-state index contributed by atoms with van der Waals surface area (Å²) in [6.45, 7) is 9.01. The van der Waals surface area contributed by atoms with Crippen molar-refractivity contribution in [2.75, 3.05) is 0 Å². The van der Waals surface area contributed by atoms with Crippen molar-refractivity contribution in [1.82, 2.24) is 0 Å². The Labute approximate surface area is 166 Å². The standard InChI is InChI=1S/C24H30O4/c1-13(2)24-12-15(4)23(28-24)18-8-5-14(3)21(18)22(24)17-9-6-16(11-19(17)25)7-10-20(26)27/h6-7,9-11,13,15,18,22-23,25H,5,8,12H2,1-4H3,(H,26,27)/t15-,18-,22-,23+,24-/m1/s1. The molecule has 4 nitrogen and oxygen atoms in total. The van der Waals surface area contributed by atoms with Crippen LogP contribution in [-0.4, -0.2) is 27.9 Å². The van der Waals surface area contributed by atoms with Gasteiger partial charge >= 0.3 is 5.97 Å². The van der Waals surface area contributed by atoms with Gasteiger partial charge in [-0.2, -0.15) is 0 Å². The highest BCUT2D eigenvalue weighted by molar-refractivity contribution is 5.85. The minimum atomic E-state index is -0.997. The summed E-state index contributed by atoms with van der Waals surface area (Å²) in [7, 11) is 0. The van der Waals surface area contributed by atoms with Crippen LogP contribution in [0.4, 0.5) is 0 Å². The van der Waals surface area contributed by atoms with Crippen molar-refractivity contribution >= 4 is 12.0 Å². The second kappa shape index (κ2) is 6.77. The molecule has 3 aliphatic rings. The van der Waals surface area contributed by atoms with E-state index in [9.17, 15) is 9.90 Å². The van der Waals surface area contributed by atoms with Gasteiger partial charge < -0.3 is 14.9 Å². The number of hydrogen-bond acceptors (Lipinski definition) is 3. The molecule has 2 aliphatic heterocycles. The Hall–Kier alpha value is -2.07. The van der Waals surface area contributed by atoms with Gasteiger partial charge in [0.15, 0.2) is 0 Å². The molecule has 0 amide bonds. The van der Waals surface area contributed by atoms with E-state index in [-0.39, 0.29) is 23.4 Å². The van der Waals surface area contributed by atoms with Crippen LogP contribution < -0.4 is 0 Å². The van der Waals surface area contributed by atoms with E-state index >= 15 is 0 Å². The van der Waals surface area contributed by atoms with E-state index in [0.717, 1.165) is 30.9 Å². The van der Waals surface area contributed by atoms with Crippen molar-refractivity contribution in [3.63, 3.8) is 0 Å².